The Balaban J connectivity index is 0.00000364. The zero-order valence-corrected chi connectivity index (χ0v) is 16.4. The molecule has 1 aromatic carbocycles. The van der Waals surface area contributed by atoms with Gasteiger partial charge in [0.2, 0.25) is 0 Å². The number of hydrogen-bond donors (Lipinski definition) is 3. The number of rotatable bonds is 7. The second-order valence-electron chi connectivity index (χ2n) is 6.20. The lowest BCUT2D eigenvalue weighted by Gasteiger charge is -2.36. The largest absolute Gasteiger partial charge is 0.469 e. The van der Waals surface area contributed by atoms with Gasteiger partial charge in [-0.3, -0.25) is 10.2 Å². The zero-order valence-electron chi connectivity index (χ0n) is 15.6. The number of nitrogens with two attached hydrogens (primary N) is 1. The van der Waals surface area contributed by atoms with Crippen molar-refractivity contribution in [2.24, 2.45) is 5.73 Å². The third-order valence-electron chi connectivity index (χ3n) is 4.42. The second-order valence-corrected chi connectivity index (χ2v) is 6.20. The standard InChI is InChI=1S/C18H27N5O3.ClH/c1-26-16(24)4-2-3-9-21-18(25)23-12-10-22(11-13-23)15-7-5-14(6-8-15)17(19)20;/h5-8H,2-4,9-13H2,1H3,(H3,19,20)(H,21,25);1H. The van der Waals surface area contributed by atoms with Crippen LogP contribution in [0.1, 0.15) is 24.8 Å². The third kappa shape index (κ3) is 6.97. The van der Waals surface area contributed by atoms with Gasteiger partial charge in [0.15, 0.2) is 0 Å². The minimum absolute atomic E-state index is 0. The summed E-state index contributed by atoms with van der Waals surface area (Å²) in [5.41, 5.74) is 7.24. The van der Waals surface area contributed by atoms with E-state index in [1.807, 2.05) is 24.3 Å². The summed E-state index contributed by atoms with van der Waals surface area (Å²) in [5.74, 6) is -0.159. The first-order valence-electron chi connectivity index (χ1n) is 8.80. The SMILES string of the molecule is COC(=O)CCCCNC(=O)N1CCN(c2ccc(C(=N)N)cc2)CC1.Cl. The van der Waals surface area contributed by atoms with Gasteiger partial charge in [0.05, 0.1) is 7.11 Å². The van der Waals surface area contributed by atoms with Gasteiger partial charge in [-0.05, 0) is 37.1 Å². The van der Waals surface area contributed by atoms with Crippen LogP contribution in [0.25, 0.3) is 0 Å². The molecule has 1 aromatic rings. The number of anilines is 1. The number of unbranched alkanes of at least 4 members (excludes halogenated alkanes) is 1. The highest BCUT2D eigenvalue weighted by atomic mass is 35.5. The van der Waals surface area contributed by atoms with Gasteiger partial charge in [-0.1, -0.05) is 0 Å². The summed E-state index contributed by atoms with van der Waals surface area (Å²) in [5, 5.41) is 10.3. The number of nitrogens with zero attached hydrogens (tertiary/aromatic N) is 2. The summed E-state index contributed by atoms with van der Waals surface area (Å²) < 4.78 is 4.58. The van der Waals surface area contributed by atoms with E-state index in [4.69, 9.17) is 11.1 Å². The molecular weight excluding hydrogens is 370 g/mol. The predicted octanol–water partition coefficient (Wildman–Crippen LogP) is 1.57. The van der Waals surface area contributed by atoms with Crippen molar-refractivity contribution in [2.45, 2.75) is 19.3 Å². The summed E-state index contributed by atoms with van der Waals surface area (Å²) in [7, 11) is 1.38. The molecule has 1 heterocycles. The number of amides is 2. The Morgan fingerprint density at radius 3 is 2.33 bits per heavy atom. The molecule has 0 saturated carbocycles. The number of methoxy groups -OCH3 is 1. The molecule has 1 fully saturated rings. The number of amidine groups is 1. The first-order chi connectivity index (χ1) is 12.5. The van der Waals surface area contributed by atoms with E-state index >= 15 is 0 Å². The number of nitrogens with one attached hydrogen (secondary N) is 2. The topological polar surface area (TPSA) is 112 Å². The van der Waals surface area contributed by atoms with Gasteiger partial charge in [0, 0.05) is 50.4 Å². The fourth-order valence-electron chi connectivity index (χ4n) is 2.82. The molecule has 0 unspecified atom stereocenters. The molecule has 150 valence electrons. The van der Waals surface area contributed by atoms with E-state index < -0.39 is 0 Å². The van der Waals surface area contributed by atoms with Crippen molar-refractivity contribution in [2.75, 3.05) is 44.7 Å². The number of halogens is 1. The molecule has 1 saturated heterocycles. The molecule has 0 bridgehead atoms. The van der Waals surface area contributed by atoms with Gasteiger partial charge in [0.1, 0.15) is 5.84 Å². The number of benzene rings is 1. The fourth-order valence-corrected chi connectivity index (χ4v) is 2.82. The van der Waals surface area contributed by atoms with Crippen molar-refractivity contribution < 1.29 is 14.3 Å². The molecule has 0 aliphatic carbocycles. The lowest BCUT2D eigenvalue weighted by molar-refractivity contribution is -0.140. The summed E-state index contributed by atoms with van der Waals surface area (Å²) in [4.78, 5) is 27.2. The Hall–Kier alpha value is -2.48. The predicted molar refractivity (Wildman–Crippen MR) is 108 cm³/mol. The van der Waals surface area contributed by atoms with E-state index in [1.165, 1.54) is 7.11 Å². The summed E-state index contributed by atoms with van der Waals surface area (Å²) in [6, 6.07) is 7.52. The Morgan fingerprint density at radius 1 is 1.15 bits per heavy atom. The normalized spacial score (nSPS) is 13.5. The van der Waals surface area contributed by atoms with Gasteiger partial charge in [-0.15, -0.1) is 12.4 Å². The maximum absolute atomic E-state index is 12.2. The van der Waals surface area contributed by atoms with Crippen molar-refractivity contribution in [1.29, 1.82) is 5.41 Å². The van der Waals surface area contributed by atoms with E-state index in [-0.39, 0.29) is 30.2 Å². The second kappa shape index (κ2) is 11.3. The smallest absolute Gasteiger partial charge is 0.317 e. The molecule has 1 aliphatic heterocycles. The lowest BCUT2D eigenvalue weighted by Crippen LogP contribution is -2.52. The molecular formula is C18H28ClN5O3. The Bertz CT molecular complexity index is 630. The quantitative estimate of drug-likeness (QED) is 0.280. The number of nitrogen functional groups attached to an aromatic ring is 1. The number of piperazine rings is 1. The van der Waals surface area contributed by atoms with Gasteiger partial charge in [0.25, 0.3) is 0 Å². The molecule has 0 aromatic heterocycles. The van der Waals surface area contributed by atoms with Gasteiger partial charge in [-0.25, -0.2) is 4.79 Å². The van der Waals surface area contributed by atoms with Crippen molar-refractivity contribution in [3.63, 3.8) is 0 Å². The van der Waals surface area contributed by atoms with Gasteiger partial charge >= 0.3 is 12.0 Å². The highest BCUT2D eigenvalue weighted by Crippen LogP contribution is 2.17. The molecule has 0 radical (unpaired) electrons. The van der Waals surface area contributed by atoms with Crippen LogP contribution in [-0.4, -0.2) is 62.6 Å². The molecule has 0 atom stereocenters. The zero-order chi connectivity index (χ0) is 18.9. The molecule has 0 spiro atoms. The van der Waals surface area contributed by atoms with E-state index in [0.29, 0.717) is 38.0 Å². The highest BCUT2D eigenvalue weighted by Gasteiger charge is 2.21. The average Bonchev–Trinajstić information content (AvgIpc) is 2.67. The monoisotopic (exact) mass is 397 g/mol. The van der Waals surface area contributed by atoms with Crippen LogP contribution in [0.4, 0.5) is 10.5 Å². The molecule has 2 rings (SSSR count). The van der Waals surface area contributed by atoms with Gasteiger partial charge < -0.3 is 25.6 Å². The maximum atomic E-state index is 12.2. The Morgan fingerprint density at radius 2 is 1.78 bits per heavy atom. The van der Waals surface area contributed by atoms with Crippen molar-refractivity contribution in [3.8, 4) is 0 Å². The minimum Gasteiger partial charge on any atom is -0.469 e. The van der Waals surface area contributed by atoms with E-state index in [9.17, 15) is 9.59 Å². The van der Waals surface area contributed by atoms with Crippen LogP contribution >= 0.6 is 12.4 Å². The molecule has 4 N–H and O–H groups in total. The number of carbonyl (C=O) groups is 2. The minimum atomic E-state index is -0.219. The van der Waals surface area contributed by atoms with Crippen molar-refractivity contribution >= 4 is 35.9 Å². The number of carbonyl (C=O) groups excluding carboxylic acids is 2. The van der Waals surface area contributed by atoms with Crippen LogP contribution in [0.3, 0.4) is 0 Å². The van der Waals surface area contributed by atoms with Crippen LogP contribution < -0.4 is 16.0 Å². The van der Waals surface area contributed by atoms with Crippen LogP contribution in [0, 0.1) is 5.41 Å². The maximum Gasteiger partial charge on any atom is 0.317 e. The van der Waals surface area contributed by atoms with Crippen LogP contribution in [-0.2, 0) is 9.53 Å². The van der Waals surface area contributed by atoms with Crippen molar-refractivity contribution in [3.05, 3.63) is 29.8 Å². The summed E-state index contributed by atoms with van der Waals surface area (Å²) in [6.07, 6.45) is 1.84. The Labute approximate surface area is 165 Å². The fraction of sp³-hybridized carbons (Fsp3) is 0.500. The first-order valence-corrected chi connectivity index (χ1v) is 8.80. The van der Waals surface area contributed by atoms with Crippen molar-refractivity contribution in [1.82, 2.24) is 10.2 Å². The summed E-state index contributed by atoms with van der Waals surface area (Å²) >= 11 is 0. The van der Waals surface area contributed by atoms with Crippen LogP contribution in [0.5, 0.6) is 0 Å². The number of esters is 1. The van der Waals surface area contributed by atoms with Crippen LogP contribution in [0.2, 0.25) is 0 Å². The first kappa shape index (κ1) is 22.6. The Kier molecular flexibility index (Phi) is 9.42. The van der Waals surface area contributed by atoms with E-state index in [0.717, 1.165) is 25.2 Å². The number of ether oxygens (including phenoxy) is 1. The number of hydrogen-bond acceptors (Lipinski definition) is 5. The number of urea groups is 1. The summed E-state index contributed by atoms with van der Waals surface area (Å²) in [6.45, 7) is 3.39. The third-order valence-corrected chi connectivity index (χ3v) is 4.42. The van der Waals surface area contributed by atoms with E-state index in [1.54, 1.807) is 4.90 Å². The molecule has 1 aliphatic rings. The van der Waals surface area contributed by atoms with Crippen LogP contribution in [0.15, 0.2) is 24.3 Å². The molecule has 2 amide bonds. The lowest BCUT2D eigenvalue weighted by atomic mass is 10.1. The van der Waals surface area contributed by atoms with E-state index in [2.05, 4.69) is 15.0 Å². The molecule has 8 nitrogen and oxygen atoms in total. The highest BCUT2D eigenvalue weighted by molar-refractivity contribution is 5.95. The molecule has 9 heteroatoms. The average molecular weight is 398 g/mol. The molecule has 27 heavy (non-hydrogen) atoms. The van der Waals surface area contributed by atoms with Gasteiger partial charge in [-0.2, -0.15) is 0 Å².